The van der Waals surface area contributed by atoms with Gasteiger partial charge in [0.25, 0.3) is 5.91 Å². The van der Waals surface area contributed by atoms with Crippen molar-refractivity contribution < 1.29 is 9.59 Å². The van der Waals surface area contributed by atoms with Crippen LogP contribution in [0.1, 0.15) is 37.0 Å². The van der Waals surface area contributed by atoms with Gasteiger partial charge in [-0.2, -0.15) is 0 Å². The molecule has 0 aliphatic carbocycles. The number of carbonyl (C=O) groups is 2. The van der Waals surface area contributed by atoms with E-state index in [4.69, 9.17) is 0 Å². The maximum atomic E-state index is 12.2. The average molecular weight is 220 g/mol. The Balaban J connectivity index is 2.26. The Morgan fingerprint density at radius 2 is 2.25 bits per heavy atom. The van der Waals surface area contributed by atoms with Gasteiger partial charge in [-0.1, -0.05) is 0 Å². The highest BCUT2D eigenvalue weighted by Crippen LogP contribution is 2.25. The zero-order chi connectivity index (χ0) is 11.8. The summed E-state index contributed by atoms with van der Waals surface area (Å²) in [5.74, 6) is 0.0712. The molecule has 0 unspecified atom stereocenters. The summed E-state index contributed by atoms with van der Waals surface area (Å²) in [6.07, 6.45) is 4.71. The van der Waals surface area contributed by atoms with E-state index in [1.807, 2.05) is 13.8 Å². The van der Waals surface area contributed by atoms with Gasteiger partial charge in [0.1, 0.15) is 0 Å². The molecular formula is C12H16N2O2. The topological polar surface area (TPSA) is 53.2 Å². The van der Waals surface area contributed by atoms with Crippen LogP contribution < -0.4 is 0 Å². The minimum absolute atomic E-state index is 0.0701. The molecule has 1 aliphatic heterocycles. The first kappa shape index (κ1) is 10.9. The number of rotatable bonds is 1. The van der Waals surface area contributed by atoms with E-state index in [-0.39, 0.29) is 11.7 Å². The number of amides is 1. The van der Waals surface area contributed by atoms with Gasteiger partial charge in [-0.15, -0.1) is 0 Å². The number of nitrogens with one attached hydrogen (secondary N) is 1. The molecule has 0 radical (unpaired) electrons. The number of likely N-dealkylation sites (tertiary alicyclic amines) is 1. The first-order valence-corrected chi connectivity index (χ1v) is 5.51. The molecule has 1 aromatic heterocycles. The van der Waals surface area contributed by atoms with Gasteiger partial charge in [0.05, 0.1) is 11.1 Å². The predicted octanol–water partition coefficient (Wildman–Crippen LogP) is 1.60. The summed E-state index contributed by atoms with van der Waals surface area (Å²) in [6.45, 7) is 4.29. The highest BCUT2D eigenvalue weighted by atomic mass is 16.2. The van der Waals surface area contributed by atoms with Crippen molar-refractivity contribution in [1.82, 2.24) is 9.88 Å². The molecule has 2 heterocycles. The molecule has 0 bridgehead atoms. The van der Waals surface area contributed by atoms with E-state index < -0.39 is 5.54 Å². The zero-order valence-corrected chi connectivity index (χ0v) is 9.62. The summed E-state index contributed by atoms with van der Waals surface area (Å²) in [5, 5.41) is 0. The van der Waals surface area contributed by atoms with E-state index in [0.717, 1.165) is 6.42 Å². The summed E-state index contributed by atoms with van der Waals surface area (Å²) in [6, 6.07) is 1.73. The Labute approximate surface area is 94.6 Å². The second-order valence-electron chi connectivity index (χ2n) is 4.64. The lowest BCUT2D eigenvalue weighted by atomic mass is 9.88. The van der Waals surface area contributed by atoms with Gasteiger partial charge in [0, 0.05) is 25.4 Å². The van der Waals surface area contributed by atoms with E-state index in [1.165, 1.54) is 0 Å². The molecule has 1 aliphatic rings. The van der Waals surface area contributed by atoms with Crippen LogP contribution in [0.4, 0.5) is 0 Å². The number of aromatic nitrogens is 1. The molecule has 0 spiro atoms. The van der Waals surface area contributed by atoms with Crippen LogP contribution in [-0.2, 0) is 4.79 Å². The SMILES string of the molecule is CC1(C)C(=O)CCCN1C(=O)c1cc[nH]c1. The number of hydrogen-bond donors (Lipinski definition) is 1. The van der Waals surface area contributed by atoms with Crippen LogP contribution >= 0.6 is 0 Å². The minimum Gasteiger partial charge on any atom is -0.367 e. The van der Waals surface area contributed by atoms with E-state index in [0.29, 0.717) is 18.5 Å². The van der Waals surface area contributed by atoms with Gasteiger partial charge in [-0.05, 0) is 26.3 Å². The molecule has 1 aromatic rings. The van der Waals surface area contributed by atoms with Crippen LogP contribution in [0, 0.1) is 0 Å². The van der Waals surface area contributed by atoms with Crippen molar-refractivity contribution in [3.05, 3.63) is 24.0 Å². The molecule has 0 saturated carbocycles. The molecule has 0 aromatic carbocycles. The van der Waals surface area contributed by atoms with Crippen molar-refractivity contribution in [2.75, 3.05) is 6.54 Å². The second-order valence-corrected chi connectivity index (χ2v) is 4.64. The summed E-state index contributed by atoms with van der Waals surface area (Å²) < 4.78 is 0. The Morgan fingerprint density at radius 3 is 2.88 bits per heavy atom. The average Bonchev–Trinajstić information content (AvgIpc) is 2.74. The third-order valence-corrected chi connectivity index (χ3v) is 3.23. The number of hydrogen-bond acceptors (Lipinski definition) is 2. The first-order valence-electron chi connectivity index (χ1n) is 5.51. The van der Waals surface area contributed by atoms with Crippen molar-refractivity contribution in [2.45, 2.75) is 32.2 Å². The van der Waals surface area contributed by atoms with Crippen molar-refractivity contribution in [3.8, 4) is 0 Å². The van der Waals surface area contributed by atoms with Crippen molar-refractivity contribution >= 4 is 11.7 Å². The lowest BCUT2D eigenvalue weighted by Crippen LogP contribution is -2.56. The van der Waals surface area contributed by atoms with Crippen LogP contribution in [-0.4, -0.2) is 33.7 Å². The number of aromatic amines is 1. The van der Waals surface area contributed by atoms with Gasteiger partial charge in [-0.25, -0.2) is 0 Å². The standard InChI is InChI=1S/C12H16N2O2/c1-12(2)10(15)4-3-7-14(12)11(16)9-5-6-13-8-9/h5-6,8,13H,3-4,7H2,1-2H3. The fraction of sp³-hybridized carbons (Fsp3) is 0.500. The zero-order valence-electron chi connectivity index (χ0n) is 9.62. The molecule has 1 N–H and O–H groups in total. The lowest BCUT2D eigenvalue weighted by molar-refractivity contribution is -0.130. The summed E-state index contributed by atoms with van der Waals surface area (Å²) in [7, 11) is 0. The highest BCUT2D eigenvalue weighted by Gasteiger charge is 2.40. The maximum Gasteiger partial charge on any atom is 0.256 e. The lowest BCUT2D eigenvalue weighted by Gasteiger charge is -2.40. The number of H-pyrrole nitrogens is 1. The molecule has 16 heavy (non-hydrogen) atoms. The number of ketones is 1. The summed E-state index contributed by atoms with van der Waals surface area (Å²) in [5.41, 5.74) is -0.0603. The molecule has 1 fully saturated rings. The quantitative estimate of drug-likeness (QED) is 0.781. The molecule has 1 amide bonds. The number of piperidine rings is 1. The minimum atomic E-state index is -0.674. The van der Waals surface area contributed by atoms with Crippen LogP contribution in [0.5, 0.6) is 0 Å². The maximum absolute atomic E-state index is 12.2. The predicted molar refractivity (Wildman–Crippen MR) is 60.1 cm³/mol. The van der Waals surface area contributed by atoms with Crippen molar-refractivity contribution in [1.29, 1.82) is 0 Å². The number of carbonyl (C=O) groups excluding carboxylic acids is 2. The van der Waals surface area contributed by atoms with Gasteiger partial charge >= 0.3 is 0 Å². The number of Topliss-reactive ketones (excluding diaryl/α,β-unsaturated/α-hetero) is 1. The molecule has 1 saturated heterocycles. The van der Waals surface area contributed by atoms with Crippen LogP contribution in [0.3, 0.4) is 0 Å². The first-order chi connectivity index (χ1) is 7.53. The molecule has 86 valence electrons. The van der Waals surface area contributed by atoms with Crippen LogP contribution in [0.25, 0.3) is 0 Å². The third-order valence-electron chi connectivity index (χ3n) is 3.23. The van der Waals surface area contributed by atoms with E-state index in [9.17, 15) is 9.59 Å². The van der Waals surface area contributed by atoms with E-state index in [2.05, 4.69) is 4.98 Å². The van der Waals surface area contributed by atoms with Crippen molar-refractivity contribution in [3.63, 3.8) is 0 Å². The monoisotopic (exact) mass is 220 g/mol. The second kappa shape index (κ2) is 3.77. The number of nitrogens with zero attached hydrogens (tertiary/aromatic N) is 1. The van der Waals surface area contributed by atoms with Gasteiger partial charge < -0.3 is 9.88 Å². The Hall–Kier alpha value is -1.58. The third kappa shape index (κ3) is 1.64. The summed E-state index contributed by atoms with van der Waals surface area (Å²) in [4.78, 5) is 28.5. The van der Waals surface area contributed by atoms with Crippen molar-refractivity contribution in [2.24, 2.45) is 0 Å². The highest BCUT2D eigenvalue weighted by molar-refractivity contribution is 6.00. The fourth-order valence-electron chi connectivity index (χ4n) is 2.10. The van der Waals surface area contributed by atoms with Gasteiger partial charge in [0.2, 0.25) is 0 Å². The Morgan fingerprint density at radius 1 is 1.50 bits per heavy atom. The largest absolute Gasteiger partial charge is 0.367 e. The molecule has 4 nitrogen and oxygen atoms in total. The smallest absolute Gasteiger partial charge is 0.256 e. The molecular weight excluding hydrogens is 204 g/mol. The van der Waals surface area contributed by atoms with E-state index >= 15 is 0 Å². The fourth-order valence-corrected chi connectivity index (χ4v) is 2.10. The van der Waals surface area contributed by atoms with Crippen LogP contribution in [0.2, 0.25) is 0 Å². The van der Waals surface area contributed by atoms with Crippen LogP contribution in [0.15, 0.2) is 18.5 Å². The van der Waals surface area contributed by atoms with Gasteiger partial charge in [-0.3, -0.25) is 9.59 Å². The van der Waals surface area contributed by atoms with E-state index in [1.54, 1.807) is 23.4 Å². The molecule has 0 atom stereocenters. The molecule has 4 heteroatoms. The van der Waals surface area contributed by atoms with Gasteiger partial charge in [0.15, 0.2) is 5.78 Å². The Bertz CT molecular complexity index is 407. The normalized spacial score (nSPS) is 19.9. The Kier molecular flexibility index (Phi) is 2.58. The summed E-state index contributed by atoms with van der Waals surface area (Å²) >= 11 is 0. The molecule has 2 rings (SSSR count).